The van der Waals surface area contributed by atoms with Gasteiger partial charge in [0.25, 0.3) is 0 Å². The third-order valence-electron chi connectivity index (χ3n) is 6.34. The molecule has 1 aromatic carbocycles. The third kappa shape index (κ3) is 4.26. The van der Waals surface area contributed by atoms with Gasteiger partial charge in [0.1, 0.15) is 23.5 Å². The number of hydrogen-bond donors (Lipinski definition) is 1. The van der Waals surface area contributed by atoms with Crippen LogP contribution in [0.15, 0.2) is 30.6 Å². The fraction of sp³-hybridized carbons (Fsp3) is 0.478. The highest BCUT2D eigenvalue weighted by molar-refractivity contribution is 5.53. The fourth-order valence-electron chi connectivity index (χ4n) is 4.38. The first-order chi connectivity index (χ1) is 15.9. The lowest BCUT2D eigenvalue weighted by Gasteiger charge is -2.40. The van der Waals surface area contributed by atoms with Crippen LogP contribution in [0.2, 0.25) is 0 Å². The molecule has 1 fully saturated rings. The highest BCUT2D eigenvalue weighted by atomic mass is 19.4. The van der Waals surface area contributed by atoms with E-state index < -0.39 is 17.5 Å². The van der Waals surface area contributed by atoms with Gasteiger partial charge in [0, 0.05) is 24.7 Å². The number of hydrogen-bond acceptors (Lipinski definition) is 7. The normalized spacial score (nSPS) is 18.5. The van der Waals surface area contributed by atoms with Gasteiger partial charge < -0.3 is 15.4 Å². The molecule has 0 saturated heterocycles. The zero-order valence-corrected chi connectivity index (χ0v) is 19.2. The van der Waals surface area contributed by atoms with Gasteiger partial charge in [-0.3, -0.25) is 4.57 Å². The summed E-state index contributed by atoms with van der Waals surface area (Å²) in [4.78, 5) is 10.7. The second-order valence-corrected chi connectivity index (χ2v) is 9.90. The molecule has 2 aliphatic rings. The summed E-state index contributed by atoms with van der Waals surface area (Å²) < 4.78 is 47.5. The minimum atomic E-state index is -4.57. The molecule has 3 aromatic rings. The number of aromatic nitrogens is 5. The van der Waals surface area contributed by atoms with Crippen LogP contribution < -0.4 is 15.4 Å². The number of alkyl halides is 3. The summed E-state index contributed by atoms with van der Waals surface area (Å²) in [5.74, 6) is 0.646. The van der Waals surface area contributed by atoms with Gasteiger partial charge in [0.05, 0.1) is 17.8 Å². The van der Waals surface area contributed by atoms with Gasteiger partial charge in [-0.2, -0.15) is 13.2 Å². The van der Waals surface area contributed by atoms with Crippen molar-refractivity contribution in [2.75, 3.05) is 17.2 Å². The number of fused-ring (bicyclic) bond motifs is 1. The average molecular weight is 474 g/mol. The number of halogens is 3. The van der Waals surface area contributed by atoms with Gasteiger partial charge in [0.2, 0.25) is 5.82 Å². The number of rotatable bonds is 5. The summed E-state index contributed by atoms with van der Waals surface area (Å²) in [6, 6.07) is 7.47. The Labute approximate surface area is 195 Å². The molecule has 5 rings (SSSR count). The quantitative estimate of drug-likeness (QED) is 0.561. The van der Waals surface area contributed by atoms with Gasteiger partial charge in [-0.15, -0.1) is 10.2 Å². The van der Waals surface area contributed by atoms with Crippen LogP contribution in [0.3, 0.4) is 0 Å². The van der Waals surface area contributed by atoms with E-state index in [0.717, 1.165) is 29.8 Å². The molecule has 1 aliphatic heterocycles. The Hall–Kier alpha value is -3.37. The molecule has 2 N–H and O–H groups in total. The molecule has 11 heteroatoms. The van der Waals surface area contributed by atoms with Crippen LogP contribution in [0.4, 0.5) is 24.7 Å². The number of ether oxygens (including phenoxy) is 1. The second kappa shape index (κ2) is 7.57. The molecule has 1 aliphatic carbocycles. The van der Waals surface area contributed by atoms with Crippen molar-refractivity contribution in [3.05, 3.63) is 53.5 Å². The zero-order chi connectivity index (χ0) is 24.3. The third-order valence-corrected chi connectivity index (χ3v) is 6.34. The topological polar surface area (TPSA) is 95.0 Å². The van der Waals surface area contributed by atoms with Crippen LogP contribution in [0.1, 0.15) is 56.5 Å². The Morgan fingerprint density at radius 3 is 2.56 bits per heavy atom. The smallest absolute Gasteiger partial charge is 0.451 e. The first kappa shape index (κ1) is 22.4. The van der Waals surface area contributed by atoms with Crippen molar-refractivity contribution in [1.82, 2.24) is 24.7 Å². The van der Waals surface area contributed by atoms with Gasteiger partial charge in [-0.1, -0.05) is 0 Å². The van der Waals surface area contributed by atoms with E-state index in [-0.39, 0.29) is 18.0 Å². The second-order valence-electron chi connectivity index (χ2n) is 9.90. The van der Waals surface area contributed by atoms with Gasteiger partial charge in [-0.05, 0) is 57.4 Å². The Bertz CT molecular complexity index is 1230. The summed E-state index contributed by atoms with van der Waals surface area (Å²) >= 11 is 0. The Kier molecular flexibility index (Phi) is 4.99. The van der Waals surface area contributed by atoms with Crippen LogP contribution in [0, 0.1) is 0 Å². The predicted octanol–water partition coefficient (Wildman–Crippen LogP) is 3.95. The average Bonchev–Trinajstić information content (AvgIpc) is 3.29. The number of benzene rings is 1. The minimum Gasteiger partial charge on any atom is -0.488 e. The molecule has 0 unspecified atom stereocenters. The van der Waals surface area contributed by atoms with Gasteiger partial charge in [-0.25, -0.2) is 9.97 Å². The Balaban J connectivity index is 1.39. The molecule has 180 valence electrons. The van der Waals surface area contributed by atoms with Crippen LogP contribution in [-0.4, -0.2) is 36.9 Å². The predicted molar refractivity (Wildman–Crippen MR) is 119 cm³/mol. The molecule has 3 heterocycles. The Morgan fingerprint density at radius 1 is 1.09 bits per heavy atom. The van der Waals surface area contributed by atoms with E-state index in [0.29, 0.717) is 24.5 Å². The van der Waals surface area contributed by atoms with Gasteiger partial charge >= 0.3 is 6.18 Å². The number of nitrogens with zero attached hydrogens (tertiary/aromatic N) is 6. The fourth-order valence-corrected chi connectivity index (χ4v) is 4.38. The summed E-state index contributed by atoms with van der Waals surface area (Å²) in [6.07, 6.45) is -0.568. The highest BCUT2D eigenvalue weighted by Crippen LogP contribution is 2.40. The van der Waals surface area contributed by atoms with Crippen LogP contribution in [-0.2, 0) is 24.7 Å². The molecule has 0 spiro atoms. The standard InChI is InChI=1S/C23H26F3N7O/c1-21(2)12-32(11-19-30-31-20(33(19)21)23(24,25)26)18-10-15(28-13-29-18)8-14-9-16(4-5-17(14)27)34-22(3)6-7-22/h4-5,9-10,13H,6-8,11-12,27H2,1-3H3. The maximum Gasteiger partial charge on any atom is 0.451 e. The van der Waals surface area contributed by atoms with E-state index in [2.05, 4.69) is 27.1 Å². The molecule has 0 amide bonds. The number of anilines is 2. The molecular formula is C23H26F3N7O. The molecular weight excluding hydrogens is 447 g/mol. The lowest BCUT2D eigenvalue weighted by Crippen LogP contribution is -2.48. The van der Waals surface area contributed by atoms with E-state index in [9.17, 15) is 13.2 Å². The van der Waals surface area contributed by atoms with Crippen molar-refractivity contribution < 1.29 is 17.9 Å². The van der Waals surface area contributed by atoms with Gasteiger partial charge in [0.15, 0.2) is 5.82 Å². The molecule has 2 aromatic heterocycles. The van der Waals surface area contributed by atoms with Crippen molar-refractivity contribution in [3.63, 3.8) is 0 Å². The molecule has 0 radical (unpaired) electrons. The van der Waals surface area contributed by atoms with E-state index in [4.69, 9.17) is 10.5 Å². The largest absolute Gasteiger partial charge is 0.488 e. The van der Waals surface area contributed by atoms with E-state index in [1.165, 1.54) is 10.9 Å². The maximum atomic E-state index is 13.4. The zero-order valence-electron chi connectivity index (χ0n) is 19.2. The van der Waals surface area contributed by atoms with Crippen molar-refractivity contribution in [2.45, 2.75) is 63.9 Å². The Morgan fingerprint density at radius 2 is 1.85 bits per heavy atom. The molecule has 0 atom stereocenters. The highest BCUT2D eigenvalue weighted by Gasteiger charge is 2.45. The molecule has 34 heavy (non-hydrogen) atoms. The molecule has 8 nitrogen and oxygen atoms in total. The van der Waals surface area contributed by atoms with Crippen molar-refractivity contribution in [1.29, 1.82) is 0 Å². The summed E-state index contributed by atoms with van der Waals surface area (Å²) in [6.45, 7) is 6.01. The van der Waals surface area contributed by atoms with E-state index in [1.54, 1.807) is 13.8 Å². The van der Waals surface area contributed by atoms with Crippen molar-refractivity contribution in [3.8, 4) is 5.75 Å². The van der Waals surface area contributed by atoms with Crippen LogP contribution in [0.25, 0.3) is 0 Å². The number of nitrogen functional groups attached to an aromatic ring is 1. The van der Waals surface area contributed by atoms with Crippen molar-refractivity contribution in [2.24, 2.45) is 0 Å². The maximum absolute atomic E-state index is 13.4. The lowest BCUT2D eigenvalue weighted by atomic mass is 10.0. The van der Waals surface area contributed by atoms with E-state index >= 15 is 0 Å². The SMILES string of the molecule is CC1(Oc2ccc(N)c(Cc3cc(N4Cc5nnc(C(F)(F)F)n5C(C)(C)C4)ncn3)c2)CC1. The summed E-state index contributed by atoms with van der Waals surface area (Å²) in [5.41, 5.74) is 7.49. The first-order valence-electron chi connectivity index (χ1n) is 11.1. The van der Waals surface area contributed by atoms with Crippen molar-refractivity contribution >= 4 is 11.5 Å². The monoisotopic (exact) mass is 473 g/mol. The van der Waals surface area contributed by atoms with Crippen LogP contribution >= 0.6 is 0 Å². The minimum absolute atomic E-state index is 0.0942. The number of nitrogens with two attached hydrogens (primary N) is 1. The lowest BCUT2D eigenvalue weighted by molar-refractivity contribution is -0.149. The first-order valence-corrected chi connectivity index (χ1v) is 11.1. The van der Waals surface area contributed by atoms with E-state index in [1.807, 2.05) is 29.2 Å². The molecule has 1 saturated carbocycles. The molecule has 0 bridgehead atoms. The van der Waals surface area contributed by atoms with Crippen LogP contribution in [0.5, 0.6) is 5.75 Å². The summed E-state index contributed by atoms with van der Waals surface area (Å²) in [7, 11) is 0. The summed E-state index contributed by atoms with van der Waals surface area (Å²) in [5, 5.41) is 7.23.